The minimum Gasteiger partial charge on any atom is -0.352 e. The molecule has 0 aromatic carbocycles. The summed E-state index contributed by atoms with van der Waals surface area (Å²) in [5, 5.41) is 7.47. The zero-order valence-corrected chi connectivity index (χ0v) is 14.9. The van der Waals surface area contributed by atoms with Crippen LogP contribution in [0, 0.1) is 5.92 Å². The van der Waals surface area contributed by atoms with E-state index in [2.05, 4.69) is 15.3 Å². The van der Waals surface area contributed by atoms with Crippen LogP contribution in [0.2, 0.25) is 0 Å². The van der Waals surface area contributed by atoms with Gasteiger partial charge < -0.3 is 14.8 Å². The molecule has 6 nitrogen and oxygen atoms in total. The van der Waals surface area contributed by atoms with Gasteiger partial charge in [-0.05, 0) is 56.8 Å². The van der Waals surface area contributed by atoms with Gasteiger partial charge in [0.25, 0.3) is 5.91 Å². The molecule has 0 spiro atoms. The summed E-state index contributed by atoms with van der Waals surface area (Å²) in [5.74, 6) is 1.36. The number of aryl methyl sites for hydroxylation is 1. The summed E-state index contributed by atoms with van der Waals surface area (Å²) >= 11 is 0. The molecule has 0 saturated carbocycles. The van der Waals surface area contributed by atoms with Crippen LogP contribution in [0.3, 0.4) is 0 Å². The molecule has 4 heterocycles. The number of carbonyl (C=O) groups excluding carboxylic acids is 1. The lowest BCUT2D eigenvalue weighted by atomic mass is 9.83. The fourth-order valence-corrected chi connectivity index (χ4v) is 4.51. The molecule has 134 valence electrons. The topological polar surface area (TPSA) is 55.1 Å². The molecule has 1 N–H and O–H groups in total. The van der Waals surface area contributed by atoms with Crippen LogP contribution in [0.5, 0.6) is 0 Å². The summed E-state index contributed by atoms with van der Waals surface area (Å²) in [4.78, 5) is 15.4. The first kappa shape index (κ1) is 16.4. The van der Waals surface area contributed by atoms with E-state index in [-0.39, 0.29) is 5.91 Å². The average molecular weight is 341 g/mol. The number of nitrogens with zero attached hydrogens (tertiary/aromatic N) is 4. The van der Waals surface area contributed by atoms with Crippen LogP contribution in [0.25, 0.3) is 5.82 Å². The van der Waals surface area contributed by atoms with E-state index in [1.54, 1.807) is 10.9 Å². The Kier molecular flexibility index (Phi) is 4.61. The average Bonchev–Trinajstić information content (AvgIpc) is 3.29. The summed E-state index contributed by atoms with van der Waals surface area (Å²) in [5.41, 5.74) is 0.634. The highest BCUT2D eigenvalue weighted by Crippen LogP contribution is 2.30. The Hall–Kier alpha value is -2.08. The van der Waals surface area contributed by atoms with Gasteiger partial charge in [-0.3, -0.25) is 9.48 Å². The molecule has 0 bridgehead atoms. The molecule has 2 atom stereocenters. The maximum absolute atomic E-state index is 12.8. The van der Waals surface area contributed by atoms with E-state index in [0.29, 0.717) is 17.5 Å². The Morgan fingerprint density at radius 3 is 2.84 bits per heavy atom. The van der Waals surface area contributed by atoms with E-state index in [4.69, 9.17) is 0 Å². The molecule has 2 saturated heterocycles. The van der Waals surface area contributed by atoms with Crippen LogP contribution in [0.4, 0.5) is 0 Å². The summed E-state index contributed by atoms with van der Waals surface area (Å²) < 4.78 is 3.68. The van der Waals surface area contributed by atoms with Gasteiger partial charge in [0.1, 0.15) is 11.4 Å². The highest BCUT2D eigenvalue weighted by molar-refractivity contribution is 5.97. The quantitative estimate of drug-likeness (QED) is 0.928. The molecule has 2 aliphatic heterocycles. The number of nitrogens with one attached hydrogen (secondary N) is 1. The summed E-state index contributed by atoms with van der Waals surface area (Å²) in [6, 6.07) is 4.56. The number of fused-ring (bicyclic) bond motifs is 1. The van der Waals surface area contributed by atoms with E-state index in [1.807, 2.05) is 36.1 Å². The molecule has 0 radical (unpaired) electrons. The molecular formula is C19H27N5O. The number of hydrogen-bond acceptors (Lipinski definition) is 3. The second-order valence-corrected chi connectivity index (χ2v) is 7.31. The zero-order valence-electron chi connectivity index (χ0n) is 14.9. The summed E-state index contributed by atoms with van der Waals surface area (Å²) in [6.07, 6.45) is 11.9. The Balaban J connectivity index is 1.44. The normalized spacial score (nSPS) is 24.0. The van der Waals surface area contributed by atoms with Gasteiger partial charge in [-0.2, -0.15) is 5.10 Å². The Bertz CT molecular complexity index is 718. The molecule has 2 aromatic heterocycles. The van der Waals surface area contributed by atoms with Crippen LogP contribution in [0.1, 0.15) is 42.5 Å². The van der Waals surface area contributed by atoms with Gasteiger partial charge in [0.2, 0.25) is 0 Å². The minimum absolute atomic E-state index is 0.0234. The van der Waals surface area contributed by atoms with E-state index >= 15 is 0 Å². The van der Waals surface area contributed by atoms with Crippen molar-refractivity contribution < 1.29 is 4.79 Å². The largest absolute Gasteiger partial charge is 0.352 e. The Labute approximate surface area is 148 Å². The molecular weight excluding hydrogens is 314 g/mol. The smallest absolute Gasteiger partial charge is 0.256 e. The molecule has 2 aromatic rings. The maximum atomic E-state index is 12.8. The highest BCUT2D eigenvalue weighted by atomic mass is 16.1. The predicted octanol–water partition coefficient (Wildman–Crippen LogP) is 2.21. The first-order chi connectivity index (χ1) is 12.2. The Morgan fingerprint density at radius 1 is 1.20 bits per heavy atom. The lowest BCUT2D eigenvalue weighted by molar-refractivity contribution is 0.0575. The van der Waals surface area contributed by atoms with E-state index < -0.39 is 0 Å². The molecule has 0 aliphatic carbocycles. The van der Waals surface area contributed by atoms with Gasteiger partial charge in [0, 0.05) is 32.0 Å². The van der Waals surface area contributed by atoms with Gasteiger partial charge >= 0.3 is 0 Å². The van der Waals surface area contributed by atoms with Crippen molar-refractivity contribution in [1.82, 2.24) is 24.6 Å². The fourth-order valence-electron chi connectivity index (χ4n) is 4.51. The second-order valence-electron chi connectivity index (χ2n) is 7.31. The lowest BCUT2D eigenvalue weighted by Crippen LogP contribution is -2.51. The first-order valence-electron chi connectivity index (χ1n) is 9.41. The third-order valence-electron chi connectivity index (χ3n) is 5.75. The fraction of sp³-hybridized carbons (Fsp3) is 0.579. The van der Waals surface area contributed by atoms with Gasteiger partial charge in [0.05, 0.1) is 6.20 Å². The molecule has 4 rings (SSSR count). The van der Waals surface area contributed by atoms with E-state index in [0.717, 1.165) is 12.4 Å². The molecule has 1 amide bonds. The van der Waals surface area contributed by atoms with Gasteiger partial charge in [-0.25, -0.2) is 0 Å². The molecule has 6 heteroatoms. The van der Waals surface area contributed by atoms with Gasteiger partial charge in [0.15, 0.2) is 0 Å². The summed E-state index contributed by atoms with van der Waals surface area (Å²) in [7, 11) is 1.87. The van der Waals surface area contributed by atoms with Crippen molar-refractivity contribution in [2.45, 2.75) is 38.1 Å². The second kappa shape index (κ2) is 7.04. The van der Waals surface area contributed by atoms with Crippen molar-refractivity contribution in [3.63, 3.8) is 0 Å². The van der Waals surface area contributed by atoms with E-state index in [1.165, 1.54) is 45.2 Å². The van der Waals surface area contributed by atoms with Crippen molar-refractivity contribution in [3.8, 4) is 5.82 Å². The molecule has 2 fully saturated rings. The number of amides is 1. The standard InChI is InChI=1S/C19H27N5O/c1-22-19(24-10-4-5-11-24)16(14-21-22)18(25)20-13-15-7-6-12-23-9-3-2-8-17(15)23/h4-5,10-11,14-15,17H,2-3,6-9,12-13H2,1H3,(H,20,25)/t15-,17+/m1/s1. The van der Waals surface area contributed by atoms with Crippen molar-refractivity contribution in [3.05, 3.63) is 36.3 Å². The lowest BCUT2D eigenvalue weighted by Gasteiger charge is -2.44. The zero-order chi connectivity index (χ0) is 17.2. The molecule has 25 heavy (non-hydrogen) atoms. The first-order valence-corrected chi connectivity index (χ1v) is 9.41. The SMILES string of the molecule is Cn1ncc(C(=O)NC[C@H]2CCCN3CCCC[C@@H]23)c1-n1cccc1. The molecule has 2 aliphatic rings. The van der Waals surface area contributed by atoms with Crippen LogP contribution in [-0.2, 0) is 7.05 Å². The highest BCUT2D eigenvalue weighted by Gasteiger charge is 2.33. The monoisotopic (exact) mass is 341 g/mol. The number of hydrogen-bond donors (Lipinski definition) is 1. The third-order valence-corrected chi connectivity index (χ3v) is 5.75. The van der Waals surface area contributed by atoms with Crippen LogP contribution in [0.15, 0.2) is 30.7 Å². The summed E-state index contributed by atoms with van der Waals surface area (Å²) in [6.45, 7) is 3.23. The van der Waals surface area contributed by atoms with Crippen molar-refractivity contribution in [2.24, 2.45) is 13.0 Å². The van der Waals surface area contributed by atoms with Crippen LogP contribution in [-0.4, -0.2) is 50.8 Å². The van der Waals surface area contributed by atoms with E-state index in [9.17, 15) is 4.79 Å². The van der Waals surface area contributed by atoms with Crippen molar-refractivity contribution >= 4 is 5.91 Å². The van der Waals surface area contributed by atoms with Gasteiger partial charge in [-0.1, -0.05) is 6.42 Å². The number of piperidine rings is 2. The van der Waals surface area contributed by atoms with Crippen LogP contribution < -0.4 is 5.32 Å². The van der Waals surface area contributed by atoms with Crippen LogP contribution >= 0.6 is 0 Å². The third kappa shape index (κ3) is 3.23. The van der Waals surface area contributed by atoms with Crippen molar-refractivity contribution in [2.75, 3.05) is 19.6 Å². The number of aromatic nitrogens is 3. The maximum Gasteiger partial charge on any atom is 0.256 e. The van der Waals surface area contributed by atoms with Gasteiger partial charge in [-0.15, -0.1) is 0 Å². The van der Waals surface area contributed by atoms with Crippen molar-refractivity contribution in [1.29, 1.82) is 0 Å². The minimum atomic E-state index is -0.0234. The number of carbonyl (C=O) groups is 1. The molecule has 0 unspecified atom stereocenters. The predicted molar refractivity (Wildman–Crippen MR) is 96.8 cm³/mol. The Morgan fingerprint density at radius 2 is 2.00 bits per heavy atom. The number of rotatable bonds is 4.